The molecule has 0 radical (unpaired) electrons. The van der Waals surface area contributed by atoms with E-state index in [9.17, 15) is 9.18 Å². The molecule has 2 aromatic rings. The number of rotatable bonds is 5. The molecule has 21 heavy (non-hydrogen) atoms. The maximum absolute atomic E-state index is 13.2. The van der Waals surface area contributed by atoms with Crippen LogP contribution in [0.5, 0.6) is 17.2 Å². The number of carbonyl (C=O) groups excluding carboxylic acids is 1. The molecule has 0 amide bonds. The number of methoxy groups -OCH3 is 3. The van der Waals surface area contributed by atoms with E-state index in [2.05, 4.69) is 0 Å². The van der Waals surface area contributed by atoms with Crippen LogP contribution in [0.2, 0.25) is 0 Å². The normalized spacial score (nSPS) is 10.1. The summed E-state index contributed by atoms with van der Waals surface area (Å²) in [6.45, 7) is 0. The van der Waals surface area contributed by atoms with Gasteiger partial charge in [-0.15, -0.1) is 0 Å². The van der Waals surface area contributed by atoms with E-state index in [0.29, 0.717) is 22.8 Å². The molecule has 0 saturated carbocycles. The van der Waals surface area contributed by atoms with E-state index in [0.717, 1.165) is 0 Å². The summed E-state index contributed by atoms with van der Waals surface area (Å²) in [5, 5.41) is 0. The Morgan fingerprint density at radius 1 is 0.905 bits per heavy atom. The van der Waals surface area contributed by atoms with Gasteiger partial charge >= 0.3 is 0 Å². The molecule has 0 N–H and O–H groups in total. The Kier molecular flexibility index (Phi) is 4.42. The molecule has 4 nitrogen and oxygen atoms in total. The molecule has 0 aliphatic heterocycles. The fraction of sp³-hybridized carbons (Fsp3) is 0.188. The van der Waals surface area contributed by atoms with Gasteiger partial charge in [-0.1, -0.05) is 12.1 Å². The first-order valence-electron chi connectivity index (χ1n) is 6.21. The highest BCUT2D eigenvalue weighted by atomic mass is 19.1. The van der Waals surface area contributed by atoms with Gasteiger partial charge in [0.2, 0.25) is 5.75 Å². The van der Waals surface area contributed by atoms with E-state index in [1.807, 2.05) is 0 Å². The van der Waals surface area contributed by atoms with Crippen molar-refractivity contribution in [2.24, 2.45) is 0 Å². The monoisotopic (exact) mass is 290 g/mol. The summed E-state index contributed by atoms with van der Waals surface area (Å²) in [5.74, 6) is 0.353. The van der Waals surface area contributed by atoms with Gasteiger partial charge in [0.25, 0.3) is 0 Å². The summed E-state index contributed by atoms with van der Waals surface area (Å²) in [4.78, 5) is 12.4. The molecule has 0 aliphatic carbocycles. The highest BCUT2D eigenvalue weighted by Crippen LogP contribution is 2.38. The number of hydrogen-bond donors (Lipinski definition) is 0. The molecule has 0 unspecified atom stereocenters. The van der Waals surface area contributed by atoms with Gasteiger partial charge in [-0.05, 0) is 24.3 Å². The Bertz CT molecular complexity index is 642. The van der Waals surface area contributed by atoms with Crippen LogP contribution < -0.4 is 14.2 Å². The zero-order chi connectivity index (χ0) is 15.4. The molecule has 0 aromatic heterocycles. The first-order chi connectivity index (χ1) is 10.1. The minimum atomic E-state index is -0.465. The van der Waals surface area contributed by atoms with Crippen molar-refractivity contribution in [1.29, 1.82) is 0 Å². The highest BCUT2D eigenvalue weighted by Gasteiger charge is 2.18. The average molecular weight is 290 g/mol. The minimum Gasteiger partial charge on any atom is -0.493 e. The van der Waals surface area contributed by atoms with Crippen LogP contribution in [0.15, 0.2) is 36.4 Å². The van der Waals surface area contributed by atoms with Crippen LogP contribution in [0, 0.1) is 5.82 Å². The molecule has 0 saturated heterocycles. The second kappa shape index (κ2) is 6.26. The van der Waals surface area contributed by atoms with Gasteiger partial charge in [-0.2, -0.15) is 0 Å². The molecule has 0 fully saturated rings. The van der Waals surface area contributed by atoms with Gasteiger partial charge in [0.1, 0.15) is 5.82 Å². The molecule has 0 atom stereocenters. The second-order valence-corrected chi connectivity index (χ2v) is 4.25. The summed E-state index contributed by atoms with van der Waals surface area (Å²) in [7, 11) is 4.41. The van der Waals surface area contributed by atoms with Crippen molar-refractivity contribution in [2.75, 3.05) is 21.3 Å². The van der Waals surface area contributed by atoms with Crippen LogP contribution >= 0.6 is 0 Å². The topological polar surface area (TPSA) is 44.8 Å². The Morgan fingerprint density at radius 3 is 2.00 bits per heavy atom. The van der Waals surface area contributed by atoms with Crippen molar-refractivity contribution in [2.45, 2.75) is 0 Å². The molecule has 0 heterocycles. The lowest BCUT2D eigenvalue weighted by Crippen LogP contribution is -2.04. The largest absolute Gasteiger partial charge is 0.493 e. The van der Waals surface area contributed by atoms with E-state index in [4.69, 9.17) is 14.2 Å². The standard InChI is InChI=1S/C16H15FO4/c1-19-13-8-11(9-14(20-2)16(13)21-3)15(18)10-5-4-6-12(17)7-10/h4-9H,1-3H3. The fourth-order valence-corrected chi connectivity index (χ4v) is 2.01. The Labute approximate surface area is 122 Å². The molecule has 2 aromatic carbocycles. The molecular formula is C16H15FO4. The van der Waals surface area contributed by atoms with Crippen molar-refractivity contribution in [1.82, 2.24) is 0 Å². The van der Waals surface area contributed by atoms with Crippen molar-refractivity contribution in [3.63, 3.8) is 0 Å². The smallest absolute Gasteiger partial charge is 0.203 e. The maximum atomic E-state index is 13.2. The summed E-state index contributed by atoms with van der Waals surface area (Å²) in [6, 6.07) is 8.58. The average Bonchev–Trinajstić information content (AvgIpc) is 2.52. The predicted octanol–water partition coefficient (Wildman–Crippen LogP) is 3.08. The Balaban J connectivity index is 2.51. The maximum Gasteiger partial charge on any atom is 0.203 e. The third-order valence-corrected chi connectivity index (χ3v) is 3.01. The van der Waals surface area contributed by atoms with Gasteiger partial charge in [-0.25, -0.2) is 4.39 Å². The van der Waals surface area contributed by atoms with Crippen molar-refractivity contribution >= 4 is 5.78 Å². The van der Waals surface area contributed by atoms with Gasteiger partial charge < -0.3 is 14.2 Å². The van der Waals surface area contributed by atoms with E-state index in [1.54, 1.807) is 6.07 Å². The van der Waals surface area contributed by atoms with Gasteiger partial charge in [0.15, 0.2) is 17.3 Å². The van der Waals surface area contributed by atoms with Gasteiger partial charge in [-0.3, -0.25) is 4.79 Å². The minimum absolute atomic E-state index is 0.254. The third kappa shape index (κ3) is 2.97. The van der Waals surface area contributed by atoms with Crippen LogP contribution in [0.1, 0.15) is 15.9 Å². The fourth-order valence-electron chi connectivity index (χ4n) is 2.01. The number of carbonyl (C=O) groups is 1. The number of benzene rings is 2. The molecular weight excluding hydrogens is 275 g/mol. The number of hydrogen-bond acceptors (Lipinski definition) is 4. The SMILES string of the molecule is COc1cc(C(=O)c2cccc(F)c2)cc(OC)c1OC. The Hall–Kier alpha value is -2.56. The summed E-state index contributed by atoms with van der Waals surface area (Å²) in [5.41, 5.74) is 0.583. The van der Waals surface area contributed by atoms with E-state index in [-0.39, 0.29) is 11.3 Å². The van der Waals surface area contributed by atoms with Crippen molar-refractivity contribution < 1.29 is 23.4 Å². The lowest BCUT2D eigenvalue weighted by atomic mass is 10.0. The summed E-state index contributed by atoms with van der Waals surface area (Å²) >= 11 is 0. The van der Waals surface area contributed by atoms with E-state index in [1.165, 1.54) is 51.7 Å². The van der Waals surface area contributed by atoms with Gasteiger partial charge in [0, 0.05) is 11.1 Å². The van der Waals surface area contributed by atoms with Crippen molar-refractivity contribution in [3.8, 4) is 17.2 Å². The zero-order valence-electron chi connectivity index (χ0n) is 12.0. The predicted molar refractivity (Wildman–Crippen MR) is 75.9 cm³/mol. The van der Waals surface area contributed by atoms with Crippen LogP contribution in [-0.2, 0) is 0 Å². The molecule has 0 bridgehead atoms. The molecule has 0 spiro atoms. The lowest BCUT2D eigenvalue weighted by Gasteiger charge is -2.13. The molecule has 110 valence electrons. The number of ether oxygens (including phenoxy) is 3. The van der Waals surface area contributed by atoms with Crippen LogP contribution in [0.3, 0.4) is 0 Å². The quantitative estimate of drug-likeness (QED) is 0.794. The van der Waals surface area contributed by atoms with Crippen LogP contribution in [0.25, 0.3) is 0 Å². The summed E-state index contributed by atoms with van der Waals surface area (Å²) in [6.07, 6.45) is 0. The number of halogens is 1. The molecule has 2 rings (SSSR count). The first-order valence-corrected chi connectivity index (χ1v) is 6.21. The van der Waals surface area contributed by atoms with E-state index >= 15 is 0 Å². The van der Waals surface area contributed by atoms with Crippen LogP contribution in [-0.4, -0.2) is 27.1 Å². The molecule has 0 aliphatic rings. The first kappa shape index (κ1) is 14.8. The second-order valence-electron chi connectivity index (χ2n) is 4.25. The lowest BCUT2D eigenvalue weighted by molar-refractivity contribution is 0.103. The number of ketones is 1. The highest BCUT2D eigenvalue weighted by molar-refractivity contribution is 6.09. The van der Waals surface area contributed by atoms with Crippen LogP contribution in [0.4, 0.5) is 4.39 Å². The zero-order valence-corrected chi connectivity index (χ0v) is 12.0. The summed E-state index contributed by atoms with van der Waals surface area (Å²) < 4.78 is 28.8. The van der Waals surface area contributed by atoms with Crippen molar-refractivity contribution in [3.05, 3.63) is 53.3 Å². The van der Waals surface area contributed by atoms with E-state index < -0.39 is 5.82 Å². The Morgan fingerprint density at radius 2 is 1.52 bits per heavy atom. The van der Waals surface area contributed by atoms with Gasteiger partial charge in [0.05, 0.1) is 21.3 Å². The third-order valence-electron chi connectivity index (χ3n) is 3.01. The molecule has 5 heteroatoms.